The average Bonchev–Trinajstić information content (AvgIpc) is 2.75. The molecule has 0 aromatic carbocycles. The third-order valence-electron chi connectivity index (χ3n) is 1.85. The zero-order valence-electron chi connectivity index (χ0n) is 7.27. The Labute approximate surface area is 82.0 Å². The molecule has 0 bridgehead atoms. The van der Waals surface area contributed by atoms with Crippen LogP contribution in [0.1, 0.15) is 10.6 Å². The molecule has 0 atom stereocenters. The van der Waals surface area contributed by atoms with E-state index >= 15 is 0 Å². The van der Waals surface area contributed by atoms with Gasteiger partial charge in [0.2, 0.25) is 0 Å². The highest BCUT2D eigenvalue weighted by atomic mass is 32.1. The Kier molecular flexibility index (Phi) is 2.82. The van der Waals surface area contributed by atoms with Crippen molar-refractivity contribution >= 4 is 11.3 Å². The van der Waals surface area contributed by atoms with Crippen LogP contribution in [0.3, 0.4) is 0 Å². The Morgan fingerprint density at radius 2 is 2.23 bits per heavy atom. The lowest BCUT2D eigenvalue weighted by molar-refractivity contribution is 0.517. The molecule has 0 fully saturated rings. The number of furan rings is 1. The van der Waals surface area contributed by atoms with Gasteiger partial charge in [0.25, 0.3) is 0 Å². The molecule has 0 saturated carbocycles. The van der Waals surface area contributed by atoms with Crippen molar-refractivity contribution in [2.24, 2.45) is 0 Å². The molecule has 0 amide bonds. The second kappa shape index (κ2) is 4.28. The molecule has 2 rings (SSSR count). The second-order valence-electron chi connectivity index (χ2n) is 2.86. The van der Waals surface area contributed by atoms with Gasteiger partial charge in [-0.2, -0.15) is 0 Å². The smallest absolute Gasteiger partial charge is 0.104 e. The molecule has 0 aliphatic rings. The zero-order valence-corrected chi connectivity index (χ0v) is 8.09. The molecule has 2 heteroatoms. The summed E-state index contributed by atoms with van der Waals surface area (Å²) in [7, 11) is 0. The van der Waals surface area contributed by atoms with Gasteiger partial charge < -0.3 is 4.42 Å². The van der Waals surface area contributed by atoms with Crippen LogP contribution < -0.4 is 0 Å². The fourth-order valence-corrected chi connectivity index (χ4v) is 1.92. The van der Waals surface area contributed by atoms with Crippen molar-refractivity contribution in [1.82, 2.24) is 0 Å². The summed E-state index contributed by atoms with van der Waals surface area (Å²) < 4.78 is 5.23. The fraction of sp³-hybridized carbons (Fsp3) is 0.182. The highest BCUT2D eigenvalue weighted by Gasteiger charge is 1.97. The van der Waals surface area contributed by atoms with Crippen LogP contribution in [0.25, 0.3) is 0 Å². The molecular formula is C11H11OS. The summed E-state index contributed by atoms with van der Waals surface area (Å²) in [5, 5.41) is 2.11. The average molecular weight is 191 g/mol. The van der Waals surface area contributed by atoms with E-state index in [1.165, 1.54) is 4.88 Å². The molecule has 0 saturated heterocycles. The molecule has 0 unspecified atom stereocenters. The minimum atomic E-state index is 0.922. The summed E-state index contributed by atoms with van der Waals surface area (Å²) >= 11 is 1.80. The first-order valence-electron chi connectivity index (χ1n) is 4.31. The van der Waals surface area contributed by atoms with E-state index in [2.05, 4.69) is 23.9 Å². The molecular weight excluding hydrogens is 180 g/mol. The number of hydrogen-bond donors (Lipinski definition) is 0. The van der Waals surface area contributed by atoms with Gasteiger partial charge in [-0.05, 0) is 36.4 Å². The molecule has 2 heterocycles. The van der Waals surface area contributed by atoms with E-state index in [0.29, 0.717) is 0 Å². The molecule has 0 aliphatic heterocycles. The molecule has 2 aromatic heterocycles. The first-order chi connectivity index (χ1) is 6.45. The van der Waals surface area contributed by atoms with Gasteiger partial charge in [0.05, 0.1) is 6.26 Å². The van der Waals surface area contributed by atoms with Crippen LogP contribution in [0.2, 0.25) is 0 Å². The van der Waals surface area contributed by atoms with Crippen molar-refractivity contribution in [2.75, 3.05) is 0 Å². The molecule has 2 aromatic rings. The SMILES string of the molecule is [CH](Cc1ccco1)Cc1cccs1. The Morgan fingerprint density at radius 3 is 2.92 bits per heavy atom. The lowest BCUT2D eigenvalue weighted by Gasteiger charge is -1.94. The number of rotatable bonds is 4. The Bertz CT molecular complexity index is 287. The fourth-order valence-electron chi connectivity index (χ4n) is 1.21. The summed E-state index contributed by atoms with van der Waals surface area (Å²) in [6, 6.07) is 8.17. The number of thiophene rings is 1. The summed E-state index contributed by atoms with van der Waals surface area (Å²) in [6.07, 6.45) is 5.92. The second-order valence-corrected chi connectivity index (χ2v) is 3.89. The van der Waals surface area contributed by atoms with E-state index in [0.717, 1.165) is 18.6 Å². The monoisotopic (exact) mass is 191 g/mol. The molecule has 13 heavy (non-hydrogen) atoms. The predicted octanol–water partition coefficient (Wildman–Crippen LogP) is 3.33. The van der Waals surface area contributed by atoms with Gasteiger partial charge in [-0.25, -0.2) is 0 Å². The Hall–Kier alpha value is -1.02. The van der Waals surface area contributed by atoms with Crippen LogP contribution >= 0.6 is 11.3 Å². The van der Waals surface area contributed by atoms with Gasteiger partial charge in [-0.15, -0.1) is 11.3 Å². The van der Waals surface area contributed by atoms with E-state index in [1.54, 1.807) is 17.6 Å². The van der Waals surface area contributed by atoms with E-state index in [-0.39, 0.29) is 0 Å². The summed E-state index contributed by atoms with van der Waals surface area (Å²) in [6.45, 7) is 0. The molecule has 1 nitrogen and oxygen atoms in total. The number of hydrogen-bond acceptors (Lipinski definition) is 2. The quantitative estimate of drug-likeness (QED) is 0.722. The summed E-state index contributed by atoms with van der Waals surface area (Å²) in [5.41, 5.74) is 0. The Morgan fingerprint density at radius 1 is 1.23 bits per heavy atom. The minimum Gasteiger partial charge on any atom is -0.469 e. The van der Waals surface area contributed by atoms with Crippen molar-refractivity contribution < 1.29 is 4.42 Å². The first-order valence-corrected chi connectivity index (χ1v) is 5.19. The molecule has 0 aliphatic carbocycles. The maximum absolute atomic E-state index is 5.23. The van der Waals surface area contributed by atoms with Crippen molar-refractivity contribution in [1.29, 1.82) is 0 Å². The van der Waals surface area contributed by atoms with Gasteiger partial charge in [0.1, 0.15) is 5.76 Å². The van der Waals surface area contributed by atoms with Gasteiger partial charge in [-0.1, -0.05) is 6.07 Å². The highest BCUT2D eigenvalue weighted by Crippen LogP contribution is 2.12. The topological polar surface area (TPSA) is 13.1 Å². The van der Waals surface area contributed by atoms with Crippen molar-refractivity contribution in [3.63, 3.8) is 0 Å². The maximum atomic E-state index is 5.23. The highest BCUT2D eigenvalue weighted by molar-refractivity contribution is 7.09. The molecule has 67 valence electrons. The lowest BCUT2D eigenvalue weighted by atomic mass is 10.2. The lowest BCUT2D eigenvalue weighted by Crippen LogP contribution is -1.86. The largest absolute Gasteiger partial charge is 0.469 e. The van der Waals surface area contributed by atoms with Crippen LogP contribution in [0.15, 0.2) is 40.3 Å². The third-order valence-corrected chi connectivity index (χ3v) is 2.75. The van der Waals surface area contributed by atoms with Crippen molar-refractivity contribution in [2.45, 2.75) is 12.8 Å². The van der Waals surface area contributed by atoms with Crippen LogP contribution in [0, 0.1) is 6.42 Å². The van der Waals surface area contributed by atoms with E-state index in [4.69, 9.17) is 4.42 Å². The first kappa shape index (κ1) is 8.57. The third kappa shape index (κ3) is 2.46. The van der Waals surface area contributed by atoms with Crippen molar-refractivity contribution in [3.8, 4) is 0 Å². The molecule has 0 spiro atoms. The van der Waals surface area contributed by atoms with E-state index in [1.807, 2.05) is 12.1 Å². The summed E-state index contributed by atoms with van der Waals surface area (Å²) in [4.78, 5) is 1.41. The van der Waals surface area contributed by atoms with Gasteiger partial charge in [0.15, 0.2) is 0 Å². The van der Waals surface area contributed by atoms with Crippen molar-refractivity contribution in [3.05, 3.63) is 53.0 Å². The minimum absolute atomic E-state index is 0.922. The molecule has 0 N–H and O–H groups in total. The van der Waals surface area contributed by atoms with Crippen LogP contribution in [0.4, 0.5) is 0 Å². The maximum Gasteiger partial charge on any atom is 0.104 e. The Balaban J connectivity index is 1.76. The van der Waals surface area contributed by atoms with Crippen LogP contribution in [-0.4, -0.2) is 0 Å². The standard InChI is InChI=1S/C11H11OS/c1(4-10-5-2-8-12-10)6-11-7-3-9-13-11/h1-3,5,7-9H,4,6H2. The van der Waals surface area contributed by atoms with Gasteiger partial charge in [-0.3, -0.25) is 0 Å². The molecule has 1 radical (unpaired) electrons. The van der Waals surface area contributed by atoms with Gasteiger partial charge >= 0.3 is 0 Å². The van der Waals surface area contributed by atoms with E-state index < -0.39 is 0 Å². The zero-order chi connectivity index (χ0) is 8.93. The van der Waals surface area contributed by atoms with Crippen LogP contribution in [-0.2, 0) is 12.8 Å². The predicted molar refractivity (Wildman–Crippen MR) is 54.7 cm³/mol. The normalized spacial score (nSPS) is 10.5. The van der Waals surface area contributed by atoms with Crippen LogP contribution in [0.5, 0.6) is 0 Å². The summed E-state index contributed by atoms with van der Waals surface area (Å²) in [5.74, 6) is 1.04. The van der Waals surface area contributed by atoms with Gasteiger partial charge in [0, 0.05) is 11.3 Å². The van der Waals surface area contributed by atoms with E-state index in [9.17, 15) is 0 Å².